The molecule has 1 rings (SSSR count). The average molecular weight is 255 g/mol. The predicted octanol–water partition coefficient (Wildman–Crippen LogP) is 1.23. The number of nitrogens with zero attached hydrogens (tertiary/aromatic N) is 1. The number of ether oxygens (including phenoxy) is 1. The van der Waals surface area contributed by atoms with Crippen LogP contribution in [0.3, 0.4) is 0 Å². The molecule has 0 aromatic rings. The maximum Gasteiger partial charge on any atom is 0.411 e. The Kier molecular flexibility index (Phi) is 4.14. The van der Waals surface area contributed by atoms with Crippen LogP contribution in [0.15, 0.2) is 5.57 Å². The summed E-state index contributed by atoms with van der Waals surface area (Å²) in [7, 11) is 0. The summed E-state index contributed by atoms with van der Waals surface area (Å²) in [6.07, 6.45) is -0.315. The normalized spacial score (nSPS) is 20.3. The molecule has 0 saturated carbocycles. The number of aliphatic carboxylic acids is 1. The number of carboxylic acid groups (broad SMARTS) is 1. The molecule has 1 amide bonds. The summed E-state index contributed by atoms with van der Waals surface area (Å²) in [5.74, 6) is 0.576. The van der Waals surface area contributed by atoms with Crippen molar-refractivity contribution in [1.82, 2.24) is 4.90 Å². The predicted molar refractivity (Wildman–Crippen MR) is 62.8 cm³/mol. The van der Waals surface area contributed by atoms with Crippen LogP contribution in [0.25, 0.3) is 0 Å². The number of carbonyl (C=O) groups excluding carboxylic acids is 2. The lowest BCUT2D eigenvalue weighted by Crippen LogP contribution is -2.50. The Labute approximate surface area is 105 Å². The van der Waals surface area contributed by atoms with Crippen LogP contribution < -0.4 is 0 Å². The van der Waals surface area contributed by atoms with E-state index in [-0.39, 0.29) is 13.0 Å². The van der Waals surface area contributed by atoms with Gasteiger partial charge in [0.1, 0.15) is 17.6 Å². The van der Waals surface area contributed by atoms with Gasteiger partial charge in [-0.3, -0.25) is 4.90 Å². The van der Waals surface area contributed by atoms with Gasteiger partial charge in [-0.05, 0) is 27.2 Å². The number of piperidine rings is 1. The Morgan fingerprint density at radius 2 is 2.06 bits per heavy atom. The number of rotatable bonds is 1. The first-order valence-electron chi connectivity index (χ1n) is 5.70. The van der Waals surface area contributed by atoms with E-state index in [1.165, 1.54) is 0 Å². The highest BCUT2D eigenvalue weighted by atomic mass is 16.6. The number of amides is 1. The fourth-order valence-corrected chi connectivity index (χ4v) is 1.71. The minimum atomic E-state index is -1.15. The van der Waals surface area contributed by atoms with Gasteiger partial charge in [0, 0.05) is 18.5 Å². The van der Waals surface area contributed by atoms with Gasteiger partial charge in [-0.2, -0.15) is 0 Å². The average Bonchev–Trinajstić information content (AvgIpc) is 2.25. The summed E-state index contributed by atoms with van der Waals surface area (Å²) in [6.45, 7) is 5.29. The first-order chi connectivity index (χ1) is 8.24. The zero-order chi connectivity index (χ0) is 13.9. The molecular weight excluding hydrogens is 238 g/mol. The molecule has 0 aliphatic carbocycles. The molecule has 100 valence electrons. The van der Waals surface area contributed by atoms with Crippen molar-refractivity contribution < 1.29 is 24.2 Å². The number of carboxylic acids is 1. The van der Waals surface area contributed by atoms with E-state index in [1.807, 2.05) is 0 Å². The van der Waals surface area contributed by atoms with Gasteiger partial charge in [-0.25, -0.2) is 14.4 Å². The maximum atomic E-state index is 11.9. The van der Waals surface area contributed by atoms with Crippen molar-refractivity contribution >= 4 is 18.0 Å². The molecule has 0 aromatic carbocycles. The number of likely N-dealkylation sites (tertiary alicyclic amines) is 1. The second-order valence-corrected chi connectivity index (χ2v) is 5.19. The Bertz CT molecular complexity index is 403. The highest BCUT2D eigenvalue weighted by Gasteiger charge is 2.36. The second-order valence-electron chi connectivity index (χ2n) is 5.19. The van der Waals surface area contributed by atoms with Gasteiger partial charge < -0.3 is 9.84 Å². The Morgan fingerprint density at radius 3 is 2.50 bits per heavy atom. The van der Waals surface area contributed by atoms with Crippen LogP contribution in [0.5, 0.6) is 0 Å². The summed E-state index contributed by atoms with van der Waals surface area (Å²) in [5.41, 5.74) is -0.289. The van der Waals surface area contributed by atoms with Gasteiger partial charge in [0.15, 0.2) is 0 Å². The third-order valence-corrected chi connectivity index (χ3v) is 2.53. The van der Waals surface area contributed by atoms with Crippen molar-refractivity contribution in [3.05, 3.63) is 5.57 Å². The lowest BCUT2D eigenvalue weighted by molar-refractivity contribution is -0.143. The molecule has 1 saturated heterocycles. The highest BCUT2D eigenvalue weighted by Crippen LogP contribution is 2.23. The van der Waals surface area contributed by atoms with Crippen LogP contribution in [-0.2, 0) is 14.3 Å². The second kappa shape index (κ2) is 5.23. The zero-order valence-electron chi connectivity index (χ0n) is 10.7. The third kappa shape index (κ3) is 3.60. The SMILES string of the molecule is CC(C)(C)OC(=O)N1CCC(=C=O)CC1C(=O)O. The van der Waals surface area contributed by atoms with E-state index in [1.54, 1.807) is 26.7 Å². The smallest absolute Gasteiger partial charge is 0.411 e. The molecule has 1 heterocycles. The Balaban J connectivity index is 2.83. The van der Waals surface area contributed by atoms with Crippen LogP contribution in [0.2, 0.25) is 0 Å². The van der Waals surface area contributed by atoms with Gasteiger partial charge in [0.2, 0.25) is 0 Å². The van der Waals surface area contributed by atoms with Crippen LogP contribution in [0.4, 0.5) is 4.79 Å². The molecule has 0 bridgehead atoms. The highest BCUT2D eigenvalue weighted by molar-refractivity contribution is 5.81. The monoisotopic (exact) mass is 255 g/mol. The minimum absolute atomic E-state index is 0.0120. The van der Waals surface area contributed by atoms with Gasteiger partial charge in [0.25, 0.3) is 0 Å². The summed E-state index contributed by atoms with van der Waals surface area (Å²) in [5, 5.41) is 9.08. The minimum Gasteiger partial charge on any atom is -0.480 e. The van der Waals surface area contributed by atoms with Crippen LogP contribution >= 0.6 is 0 Å². The van der Waals surface area contributed by atoms with Crippen LogP contribution in [0, 0.1) is 0 Å². The number of hydrogen-bond acceptors (Lipinski definition) is 4. The van der Waals surface area contributed by atoms with E-state index in [9.17, 15) is 14.4 Å². The largest absolute Gasteiger partial charge is 0.480 e. The van der Waals surface area contributed by atoms with Crippen molar-refractivity contribution in [3.8, 4) is 0 Å². The molecule has 6 nitrogen and oxygen atoms in total. The molecule has 1 aliphatic rings. The lowest BCUT2D eigenvalue weighted by atomic mass is 9.98. The van der Waals surface area contributed by atoms with Crippen molar-refractivity contribution in [3.63, 3.8) is 0 Å². The first kappa shape index (κ1) is 14.3. The molecule has 1 N–H and O–H groups in total. The zero-order valence-corrected chi connectivity index (χ0v) is 10.7. The van der Waals surface area contributed by atoms with Gasteiger partial charge in [0.05, 0.1) is 0 Å². The van der Waals surface area contributed by atoms with E-state index < -0.39 is 23.7 Å². The molecule has 6 heteroatoms. The molecular formula is C12H17NO5. The fraction of sp³-hybridized carbons (Fsp3) is 0.667. The maximum absolute atomic E-state index is 11.9. The number of carbonyl (C=O) groups is 2. The van der Waals surface area contributed by atoms with Crippen LogP contribution in [0.1, 0.15) is 33.6 Å². The summed E-state index contributed by atoms with van der Waals surface area (Å²) < 4.78 is 5.14. The topological polar surface area (TPSA) is 83.9 Å². The Hall–Kier alpha value is -1.81. The number of hydrogen-bond donors (Lipinski definition) is 1. The summed E-state index contributed by atoms with van der Waals surface area (Å²) >= 11 is 0. The van der Waals surface area contributed by atoms with Crippen molar-refractivity contribution in [1.29, 1.82) is 0 Å². The molecule has 0 aromatic heterocycles. The molecule has 18 heavy (non-hydrogen) atoms. The van der Waals surface area contributed by atoms with E-state index in [2.05, 4.69) is 0 Å². The van der Waals surface area contributed by atoms with Gasteiger partial charge in [-0.15, -0.1) is 0 Å². The van der Waals surface area contributed by atoms with E-state index in [4.69, 9.17) is 9.84 Å². The van der Waals surface area contributed by atoms with Crippen molar-refractivity contribution in [2.24, 2.45) is 0 Å². The van der Waals surface area contributed by atoms with Gasteiger partial charge in [-0.1, -0.05) is 0 Å². The molecule has 1 fully saturated rings. The van der Waals surface area contributed by atoms with Crippen molar-refractivity contribution in [2.45, 2.75) is 45.3 Å². The lowest BCUT2D eigenvalue weighted by Gasteiger charge is -2.34. The van der Waals surface area contributed by atoms with Crippen molar-refractivity contribution in [2.75, 3.05) is 6.54 Å². The van der Waals surface area contributed by atoms with E-state index in [0.29, 0.717) is 12.0 Å². The summed E-state index contributed by atoms with van der Waals surface area (Å²) in [6, 6.07) is -1.05. The molecule has 0 spiro atoms. The van der Waals surface area contributed by atoms with Gasteiger partial charge >= 0.3 is 12.1 Å². The van der Waals surface area contributed by atoms with E-state index in [0.717, 1.165) is 4.90 Å². The van der Waals surface area contributed by atoms with Crippen LogP contribution in [-0.4, -0.2) is 46.2 Å². The Morgan fingerprint density at radius 1 is 1.44 bits per heavy atom. The first-order valence-corrected chi connectivity index (χ1v) is 5.70. The fourth-order valence-electron chi connectivity index (χ4n) is 1.71. The van der Waals surface area contributed by atoms with E-state index >= 15 is 0 Å². The molecule has 1 unspecified atom stereocenters. The third-order valence-electron chi connectivity index (χ3n) is 2.53. The molecule has 1 atom stereocenters. The summed E-state index contributed by atoms with van der Waals surface area (Å²) in [4.78, 5) is 34.7. The molecule has 1 aliphatic heterocycles. The quantitative estimate of drug-likeness (QED) is 0.712. The molecule has 0 radical (unpaired) electrons. The standard InChI is InChI=1S/C12H17NO5/c1-12(2,3)18-11(17)13-5-4-8(7-14)6-9(13)10(15)16/h9H,4-6H2,1-3H3,(H,15,16).